The number of aromatic carboxylic acids is 1. The molecule has 4 rings (SSSR count). The summed E-state index contributed by atoms with van der Waals surface area (Å²) in [5, 5.41) is 19.8. The maximum atomic E-state index is 11.1. The smallest absolute Gasteiger partial charge is 0.359 e. The molecular formula is C16H16Cl2N4O3. The summed E-state index contributed by atoms with van der Waals surface area (Å²) in [6.07, 6.45) is 1.71. The molecule has 0 amide bonds. The summed E-state index contributed by atoms with van der Waals surface area (Å²) in [6, 6.07) is 5.70. The van der Waals surface area contributed by atoms with Gasteiger partial charge in [-0.15, -0.1) is 0 Å². The number of halogens is 2. The van der Waals surface area contributed by atoms with Crippen LogP contribution < -0.4 is 9.64 Å². The van der Waals surface area contributed by atoms with Crippen molar-refractivity contribution in [2.45, 2.75) is 18.9 Å². The molecule has 1 saturated heterocycles. The van der Waals surface area contributed by atoms with E-state index in [9.17, 15) is 4.79 Å². The van der Waals surface area contributed by atoms with E-state index in [1.807, 2.05) is 18.2 Å². The number of nitrogens with zero attached hydrogens (tertiary/aromatic N) is 3. The van der Waals surface area contributed by atoms with Crippen LogP contribution in [0.1, 0.15) is 23.3 Å². The van der Waals surface area contributed by atoms with E-state index in [0.29, 0.717) is 21.9 Å². The molecule has 0 radical (unpaired) electrons. The van der Waals surface area contributed by atoms with Crippen LogP contribution in [-0.2, 0) is 0 Å². The first-order chi connectivity index (χ1) is 12.0. The Balaban J connectivity index is 1.39. The molecule has 2 heterocycles. The lowest BCUT2D eigenvalue weighted by Crippen LogP contribution is -2.24. The van der Waals surface area contributed by atoms with E-state index in [0.717, 1.165) is 31.6 Å². The highest BCUT2D eigenvalue weighted by atomic mass is 35.5. The van der Waals surface area contributed by atoms with Crippen LogP contribution in [-0.4, -0.2) is 45.7 Å². The van der Waals surface area contributed by atoms with Gasteiger partial charge in [0.25, 0.3) is 5.88 Å². The number of ether oxygens (including phenoxy) is 1. The predicted octanol–water partition coefficient (Wildman–Crippen LogP) is 3.10. The Morgan fingerprint density at radius 3 is 2.60 bits per heavy atom. The van der Waals surface area contributed by atoms with Crippen LogP contribution in [0.3, 0.4) is 0 Å². The zero-order valence-electron chi connectivity index (χ0n) is 13.2. The van der Waals surface area contributed by atoms with Gasteiger partial charge in [0, 0.05) is 18.8 Å². The molecule has 3 atom stereocenters. The van der Waals surface area contributed by atoms with E-state index in [2.05, 4.69) is 20.3 Å². The predicted molar refractivity (Wildman–Crippen MR) is 92.6 cm³/mol. The molecule has 1 aromatic heterocycles. The van der Waals surface area contributed by atoms with Crippen LogP contribution in [0.25, 0.3) is 0 Å². The van der Waals surface area contributed by atoms with Crippen LogP contribution >= 0.6 is 23.2 Å². The van der Waals surface area contributed by atoms with Gasteiger partial charge in [-0.3, -0.25) is 0 Å². The number of hydrogen-bond donors (Lipinski definition) is 2. The molecule has 0 unspecified atom stereocenters. The molecular weight excluding hydrogens is 367 g/mol. The first-order valence-corrected chi connectivity index (χ1v) is 8.78. The largest absolute Gasteiger partial charge is 0.476 e. The first-order valence-electron chi connectivity index (χ1n) is 8.02. The van der Waals surface area contributed by atoms with E-state index >= 15 is 0 Å². The summed E-state index contributed by atoms with van der Waals surface area (Å²) in [5.41, 5.74) is 0.973. The minimum atomic E-state index is -1.12. The summed E-state index contributed by atoms with van der Waals surface area (Å²) >= 11 is 12.1. The normalized spacial score (nSPS) is 25.2. The van der Waals surface area contributed by atoms with Gasteiger partial charge in [-0.05, 0) is 42.9 Å². The van der Waals surface area contributed by atoms with Crippen molar-refractivity contribution in [3.63, 3.8) is 0 Å². The minimum absolute atomic E-state index is 0.0332. The number of carboxylic acids is 1. The average Bonchev–Trinajstić information content (AvgIpc) is 3.24. The van der Waals surface area contributed by atoms with Crippen LogP contribution in [0.4, 0.5) is 5.69 Å². The quantitative estimate of drug-likeness (QED) is 0.843. The lowest BCUT2D eigenvalue weighted by atomic mass is 10.0. The number of H-pyrrole nitrogens is 1. The number of rotatable bonds is 4. The second kappa shape index (κ2) is 6.38. The van der Waals surface area contributed by atoms with Crippen molar-refractivity contribution in [2.75, 3.05) is 18.0 Å². The van der Waals surface area contributed by atoms with Gasteiger partial charge in [0.05, 0.1) is 10.0 Å². The van der Waals surface area contributed by atoms with Gasteiger partial charge in [0.15, 0.2) is 0 Å². The topological polar surface area (TPSA) is 91.3 Å². The number of benzene rings is 1. The summed E-state index contributed by atoms with van der Waals surface area (Å²) < 4.78 is 5.78. The second-order valence-electron chi connectivity index (χ2n) is 6.53. The fourth-order valence-corrected chi connectivity index (χ4v) is 4.12. The monoisotopic (exact) mass is 382 g/mol. The highest BCUT2D eigenvalue weighted by Crippen LogP contribution is 2.42. The number of aromatic nitrogens is 3. The first kappa shape index (κ1) is 16.5. The third kappa shape index (κ3) is 3.14. The molecule has 9 heteroatoms. The average molecular weight is 383 g/mol. The zero-order valence-corrected chi connectivity index (χ0v) is 14.7. The summed E-state index contributed by atoms with van der Waals surface area (Å²) in [7, 11) is 0. The van der Waals surface area contributed by atoms with Crippen molar-refractivity contribution in [3.05, 3.63) is 33.9 Å². The van der Waals surface area contributed by atoms with Gasteiger partial charge >= 0.3 is 5.97 Å². The number of anilines is 1. The molecule has 7 nitrogen and oxygen atoms in total. The van der Waals surface area contributed by atoms with E-state index in [-0.39, 0.29) is 17.7 Å². The molecule has 0 spiro atoms. The van der Waals surface area contributed by atoms with Gasteiger partial charge in [-0.1, -0.05) is 33.5 Å². The van der Waals surface area contributed by atoms with Crippen LogP contribution in [0.5, 0.6) is 5.88 Å². The minimum Gasteiger partial charge on any atom is -0.476 e. The number of nitrogens with one attached hydrogen (secondary N) is 1. The van der Waals surface area contributed by atoms with E-state index in [1.54, 1.807) is 0 Å². The standard InChI is InChI=1S/C16H16Cl2N4O3/c17-12-2-1-10(5-13(12)18)22-6-8-3-11(4-9(8)7-22)25-15-14(16(23)24)19-21-20-15/h1-2,5,8-9,11H,3-4,6-7H2,(H,23,24)(H,19,20,21)/t8-,9+,11+. The molecule has 25 heavy (non-hydrogen) atoms. The maximum Gasteiger partial charge on any atom is 0.359 e. The Kier molecular flexibility index (Phi) is 4.21. The fourth-order valence-electron chi connectivity index (χ4n) is 3.83. The van der Waals surface area contributed by atoms with Crippen molar-refractivity contribution < 1.29 is 14.6 Å². The molecule has 1 aliphatic carbocycles. The number of hydrogen-bond acceptors (Lipinski definition) is 5. The van der Waals surface area contributed by atoms with E-state index in [1.165, 1.54) is 0 Å². The SMILES string of the molecule is O=C(O)c1[nH]nnc1O[C@H]1C[C@@H]2CN(c3ccc(Cl)c(Cl)c3)C[C@@H]2C1. The number of aromatic amines is 1. The molecule has 1 aliphatic heterocycles. The Morgan fingerprint density at radius 1 is 1.24 bits per heavy atom. The third-order valence-electron chi connectivity index (χ3n) is 4.98. The highest BCUT2D eigenvalue weighted by molar-refractivity contribution is 6.42. The zero-order chi connectivity index (χ0) is 17.6. The third-order valence-corrected chi connectivity index (χ3v) is 5.72. The van der Waals surface area contributed by atoms with Crippen molar-refractivity contribution in [2.24, 2.45) is 11.8 Å². The van der Waals surface area contributed by atoms with E-state index in [4.69, 9.17) is 33.0 Å². The highest BCUT2D eigenvalue weighted by Gasteiger charge is 2.42. The summed E-state index contributed by atoms with van der Waals surface area (Å²) in [4.78, 5) is 13.4. The van der Waals surface area contributed by atoms with Gasteiger partial charge in [0.1, 0.15) is 6.10 Å². The molecule has 132 valence electrons. The molecule has 0 bridgehead atoms. The Bertz CT molecular complexity index is 798. The fraction of sp³-hybridized carbons (Fsp3) is 0.438. The van der Waals surface area contributed by atoms with Crippen LogP contribution in [0, 0.1) is 11.8 Å². The Labute approximate surface area is 153 Å². The maximum absolute atomic E-state index is 11.1. The lowest BCUT2D eigenvalue weighted by Gasteiger charge is -2.21. The van der Waals surface area contributed by atoms with E-state index < -0.39 is 5.97 Å². The van der Waals surface area contributed by atoms with Gasteiger partial charge in [0.2, 0.25) is 5.69 Å². The van der Waals surface area contributed by atoms with Crippen molar-refractivity contribution >= 4 is 34.9 Å². The van der Waals surface area contributed by atoms with Gasteiger partial charge in [-0.25, -0.2) is 9.89 Å². The summed E-state index contributed by atoms with van der Waals surface area (Å²) in [5.74, 6) is -0.0536. The van der Waals surface area contributed by atoms with Crippen molar-refractivity contribution in [1.82, 2.24) is 15.4 Å². The van der Waals surface area contributed by atoms with Crippen LogP contribution in [0.15, 0.2) is 18.2 Å². The molecule has 1 aromatic carbocycles. The van der Waals surface area contributed by atoms with Crippen LogP contribution in [0.2, 0.25) is 10.0 Å². The summed E-state index contributed by atoms with van der Waals surface area (Å²) in [6.45, 7) is 1.85. The molecule has 2 aromatic rings. The Morgan fingerprint density at radius 2 is 1.96 bits per heavy atom. The number of fused-ring (bicyclic) bond motifs is 1. The number of carbonyl (C=O) groups is 1. The Hall–Kier alpha value is -1.99. The van der Waals surface area contributed by atoms with Crippen molar-refractivity contribution in [3.8, 4) is 5.88 Å². The molecule has 2 aliphatic rings. The van der Waals surface area contributed by atoms with Crippen molar-refractivity contribution in [1.29, 1.82) is 0 Å². The molecule has 1 saturated carbocycles. The van der Waals surface area contributed by atoms with Gasteiger partial charge in [-0.2, -0.15) is 0 Å². The number of carboxylic acid groups (broad SMARTS) is 1. The second-order valence-corrected chi connectivity index (χ2v) is 7.35. The van der Waals surface area contributed by atoms with Gasteiger partial charge < -0.3 is 14.7 Å². The molecule has 2 fully saturated rings. The lowest BCUT2D eigenvalue weighted by molar-refractivity contribution is 0.0682. The molecule has 2 N–H and O–H groups in total.